The van der Waals surface area contributed by atoms with Gasteiger partial charge in [-0.05, 0) is 24.3 Å². The Morgan fingerprint density at radius 3 is 3.05 bits per heavy atom. The molecule has 0 aliphatic rings. The standard InChI is InChI=1S/C14H12ClN3O/c1-2-7-16-9-13(19)18-12-6-5-11(15)10-4-3-8-17-14(10)12/h1,3-6,8,16H,7,9H2,(H,18,19). The lowest BCUT2D eigenvalue weighted by Gasteiger charge is -2.09. The zero-order valence-corrected chi connectivity index (χ0v) is 10.9. The van der Waals surface area contributed by atoms with Crippen molar-refractivity contribution in [2.75, 3.05) is 18.4 Å². The number of anilines is 1. The Kier molecular flexibility index (Phi) is 4.35. The minimum Gasteiger partial charge on any atom is -0.323 e. The summed E-state index contributed by atoms with van der Waals surface area (Å²) in [6.07, 6.45) is 6.75. The van der Waals surface area contributed by atoms with Crippen LogP contribution in [-0.2, 0) is 4.79 Å². The van der Waals surface area contributed by atoms with Crippen molar-refractivity contribution >= 4 is 34.1 Å². The summed E-state index contributed by atoms with van der Waals surface area (Å²) in [5.74, 6) is 2.23. The molecule has 0 saturated heterocycles. The summed E-state index contributed by atoms with van der Waals surface area (Å²) in [5, 5.41) is 7.01. The Morgan fingerprint density at radius 1 is 1.42 bits per heavy atom. The van der Waals surface area contributed by atoms with Crippen molar-refractivity contribution in [3.05, 3.63) is 35.5 Å². The van der Waals surface area contributed by atoms with E-state index in [0.29, 0.717) is 22.8 Å². The van der Waals surface area contributed by atoms with Gasteiger partial charge in [-0.3, -0.25) is 15.1 Å². The molecular weight excluding hydrogens is 262 g/mol. The van der Waals surface area contributed by atoms with Gasteiger partial charge in [0.25, 0.3) is 0 Å². The number of pyridine rings is 1. The van der Waals surface area contributed by atoms with Gasteiger partial charge in [-0.25, -0.2) is 0 Å². The number of carbonyl (C=O) groups excluding carboxylic acids is 1. The molecule has 4 nitrogen and oxygen atoms in total. The lowest BCUT2D eigenvalue weighted by molar-refractivity contribution is -0.115. The fraction of sp³-hybridized carbons (Fsp3) is 0.143. The molecule has 5 heteroatoms. The number of hydrogen-bond donors (Lipinski definition) is 2. The van der Waals surface area contributed by atoms with Crippen LogP contribution < -0.4 is 10.6 Å². The van der Waals surface area contributed by atoms with Gasteiger partial charge in [-0.2, -0.15) is 0 Å². The van der Waals surface area contributed by atoms with Crippen molar-refractivity contribution in [3.8, 4) is 12.3 Å². The molecule has 0 fully saturated rings. The normalized spacial score (nSPS) is 10.1. The van der Waals surface area contributed by atoms with E-state index < -0.39 is 0 Å². The first-order chi connectivity index (χ1) is 9.22. The zero-order chi connectivity index (χ0) is 13.7. The molecule has 0 spiro atoms. The van der Waals surface area contributed by atoms with Gasteiger partial charge in [0, 0.05) is 11.6 Å². The van der Waals surface area contributed by atoms with E-state index in [1.807, 2.05) is 6.07 Å². The average molecular weight is 274 g/mol. The number of aromatic nitrogens is 1. The molecule has 2 rings (SSSR count). The first kappa shape index (κ1) is 13.3. The lowest BCUT2D eigenvalue weighted by Crippen LogP contribution is -2.28. The summed E-state index contributed by atoms with van der Waals surface area (Å²) >= 11 is 6.08. The summed E-state index contributed by atoms with van der Waals surface area (Å²) in [4.78, 5) is 16.0. The van der Waals surface area contributed by atoms with Crippen LogP contribution in [0.3, 0.4) is 0 Å². The van der Waals surface area contributed by atoms with Crippen LogP contribution in [-0.4, -0.2) is 24.0 Å². The van der Waals surface area contributed by atoms with Gasteiger partial charge in [0.05, 0.1) is 29.3 Å². The first-order valence-corrected chi connectivity index (χ1v) is 6.07. The number of hydrogen-bond acceptors (Lipinski definition) is 3. The molecule has 2 aromatic rings. The predicted octanol–water partition coefficient (Wildman–Crippen LogP) is 2.05. The Hall–Kier alpha value is -2.09. The quantitative estimate of drug-likeness (QED) is 0.662. The summed E-state index contributed by atoms with van der Waals surface area (Å²) in [5.41, 5.74) is 1.30. The molecule has 1 amide bonds. The van der Waals surface area contributed by atoms with E-state index in [4.69, 9.17) is 18.0 Å². The second-order valence-electron chi connectivity index (χ2n) is 3.85. The molecule has 0 radical (unpaired) electrons. The number of amides is 1. The predicted molar refractivity (Wildman–Crippen MR) is 77.1 cm³/mol. The van der Waals surface area contributed by atoms with E-state index in [2.05, 4.69) is 21.5 Å². The van der Waals surface area contributed by atoms with Crippen LogP contribution in [0.15, 0.2) is 30.5 Å². The highest BCUT2D eigenvalue weighted by Crippen LogP contribution is 2.27. The third-order valence-electron chi connectivity index (χ3n) is 2.50. The number of fused-ring (bicyclic) bond motifs is 1. The molecule has 96 valence electrons. The summed E-state index contributed by atoms with van der Waals surface area (Å²) in [7, 11) is 0. The minimum atomic E-state index is -0.176. The molecule has 0 atom stereocenters. The number of benzene rings is 1. The maximum absolute atomic E-state index is 11.7. The van der Waals surface area contributed by atoms with Crippen LogP contribution in [0.4, 0.5) is 5.69 Å². The molecule has 0 aliphatic carbocycles. The highest BCUT2D eigenvalue weighted by Gasteiger charge is 2.08. The van der Waals surface area contributed by atoms with Gasteiger partial charge in [0.15, 0.2) is 0 Å². The molecule has 19 heavy (non-hydrogen) atoms. The Morgan fingerprint density at radius 2 is 2.26 bits per heavy atom. The van der Waals surface area contributed by atoms with Gasteiger partial charge in [0.1, 0.15) is 0 Å². The van der Waals surface area contributed by atoms with Crippen LogP contribution >= 0.6 is 11.6 Å². The summed E-state index contributed by atoms with van der Waals surface area (Å²) < 4.78 is 0. The minimum absolute atomic E-state index is 0.154. The van der Waals surface area contributed by atoms with Crippen LogP contribution in [0.5, 0.6) is 0 Å². The molecule has 0 bridgehead atoms. The van der Waals surface area contributed by atoms with Crippen molar-refractivity contribution in [1.82, 2.24) is 10.3 Å². The van der Waals surface area contributed by atoms with E-state index in [1.54, 1.807) is 24.4 Å². The highest BCUT2D eigenvalue weighted by molar-refractivity contribution is 6.35. The molecular formula is C14H12ClN3O. The van der Waals surface area contributed by atoms with E-state index >= 15 is 0 Å². The first-order valence-electron chi connectivity index (χ1n) is 5.69. The lowest BCUT2D eigenvalue weighted by atomic mass is 10.2. The maximum Gasteiger partial charge on any atom is 0.238 e. The number of nitrogens with one attached hydrogen (secondary N) is 2. The molecule has 0 saturated carbocycles. The number of nitrogens with zero attached hydrogens (tertiary/aromatic N) is 1. The number of carbonyl (C=O) groups is 1. The number of halogens is 1. The van der Waals surface area contributed by atoms with Crippen molar-refractivity contribution in [3.63, 3.8) is 0 Å². The topological polar surface area (TPSA) is 54.0 Å². The van der Waals surface area contributed by atoms with Gasteiger partial charge in [0.2, 0.25) is 5.91 Å². The van der Waals surface area contributed by atoms with Crippen molar-refractivity contribution < 1.29 is 4.79 Å². The summed E-state index contributed by atoms with van der Waals surface area (Å²) in [6.45, 7) is 0.508. The van der Waals surface area contributed by atoms with E-state index in [1.165, 1.54) is 0 Å². The molecule has 1 heterocycles. The molecule has 0 aliphatic heterocycles. The van der Waals surface area contributed by atoms with Crippen molar-refractivity contribution in [2.45, 2.75) is 0 Å². The second kappa shape index (κ2) is 6.19. The number of rotatable bonds is 4. The van der Waals surface area contributed by atoms with E-state index in [-0.39, 0.29) is 12.5 Å². The van der Waals surface area contributed by atoms with Crippen molar-refractivity contribution in [1.29, 1.82) is 0 Å². The van der Waals surface area contributed by atoms with Crippen LogP contribution in [0.1, 0.15) is 0 Å². The Bertz CT molecular complexity index is 649. The Labute approximate surface area is 116 Å². The third-order valence-corrected chi connectivity index (χ3v) is 2.83. The zero-order valence-electron chi connectivity index (χ0n) is 10.1. The monoisotopic (exact) mass is 273 g/mol. The molecule has 0 unspecified atom stereocenters. The van der Waals surface area contributed by atoms with Crippen molar-refractivity contribution in [2.24, 2.45) is 0 Å². The van der Waals surface area contributed by atoms with Gasteiger partial charge in [-0.15, -0.1) is 6.42 Å². The van der Waals surface area contributed by atoms with Crippen LogP contribution in [0, 0.1) is 12.3 Å². The second-order valence-corrected chi connectivity index (χ2v) is 4.26. The summed E-state index contributed by atoms with van der Waals surface area (Å²) in [6, 6.07) is 7.12. The fourth-order valence-electron chi connectivity index (χ4n) is 1.68. The average Bonchev–Trinajstić information content (AvgIpc) is 2.43. The molecule has 1 aromatic heterocycles. The highest BCUT2D eigenvalue weighted by atomic mass is 35.5. The third kappa shape index (κ3) is 3.22. The van der Waals surface area contributed by atoms with Gasteiger partial charge in [-0.1, -0.05) is 17.5 Å². The molecule has 1 aromatic carbocycles. The van der Waals surface area contributed by atoms with E-state index in [9.17, 15) is 4.79 Å². The largest absolute Gasteiger partial charge is 0.323 e. The fourth-order valence-corrected chi connectivity index (χ4v) is 1.90. The van der Waals surface area contributed by atoms with Gasteiger partial charge >= 0.3 is 0 Å². The van der Waals surface area contributed by atoms with E-state index in [0.717, 1.165) is 5.39 Å². The maximum atomic E-state index is 11.7. The van der Waals surface area contributed by atoms with Crippen LogP contribution in [0.2, 0.25) is 5.02 Å². The number of terminal acetylenes is 1. The smallest absolute Gasteiger partial charge is 0.238 e. The Balaban J connectivity index is 2.20. The SMILES string of the molecule is C#CCNCC(=O)Nc1ccc(Cl)c2cccnc12. The van der Waals surface area contributed by atoms with Gasteiger partial charge < -0.3 is 5.32 Å². The molecule has 2 N–H and O–H groups in total. The van der Waals surface area contributed by atoms with Crippen LogP contribution in [0.25, 0.3) is 10.9 Å².